The van der Waals surface area contributed by atoms with Gasteiger partial charge in [0.2, 0.25) is 0 Å². The van der Waals surface area contributed by atoms with Gasteiger partial charge in [0.05, 0.1) is 0 Å². The second-order valence-corrected chi connectivity index (χ2v) is 4.42. The van der Waals surface area contributed by atoms with Crippen LogP contribution in [0.4, 0.5) is 0 Å². The third kappa shape index (κ3) is 4.51. The van der Waals surface area contributed by atoms with Crippen LogP contribution in [0.15, 0.2) is 43.2 Å². The standard InChI is InChI=1S/C15H20N4O/c1-2-10-20-14-7-4-3-6-13(14)11-16-9-5-8-15-17-12-18-19-15/h2-4,6-7,12,16H,1,5,8-11H2,(H,17,18,19). The van der Waals surface area contributed by atoms with Crippen LogP contribution in [0.5, 0.6) is 5.75 Å². The number of benzene rings is 1. The van der Waals surface area contributed by atoms with Crippen molar-refractivity contribution in [1.82, 2.24) is 20.5 Å². The van der Waals surface area contributed by atoms with Gasteiger partial charge in [-0.3, -0.25) is 5.10 Å². The number of aryl methyl sites for hydroxylation is 1. The first kappa shape index (κ1) is 14.3. The van der Waals surface area contributed by atoms with Gasteiger partial charge in [0.1, 0.15) is 24.5 Å². The zero-order chi connectivity index (χ0) is 14.0. The number of nitrogens with one attached hydrogen (secondary N) is 2. The molecule has 20 heavy (non-hydrogen) atoms. The van der Waals surface area contributed by atoms with Crippen LogP contribution in [0.3, 0.4) is 0 Å². The summed E-state index contributed by atoms with van der Waals surface area (Å²) in [5, 5.41) is 10.1. The van der Waals surface area contributed by atoms with E-state index in [0.29, 0.717) is 6.61 Å². The summed E-state index contributed by atoms with van der Waals surface area (Å²) in [5.41, 5.74) is 1.16. The van der Waals surface area contributed by atoms with Gasteiger partial charge in [-0.05, 0) is 19.0 Å². The molecular formula is C15H20N4O. The number of hydrogen-bond donors (Lipinski definition) is 2. The summed E-state index contributed by atoms with van der Waals surface area (Å²) >= 11 is 0. The van der Waals surface area contributed by atoms with Gasteiger partial charge >= 0.3 is 0 Å². The summed E-state index contributed by atoms with van der Waals surface area (Å²) in [6.07, 6.45) is 5.21. The van der Waals surface area contributed by atoms with E-state index in [4.69, 9.17) is 4.74 Å². The van der Waals surface area contributed by atoms with Gasteiger partial charge in [0, 0.05) is 18.5 Å². The third-order valence-corrected chi connectivity index (χ3v) is 2.88. The quantitative estimate of drug-likeness (QED) is 0.542. The van der Waals surface area contributed by atoms with Gasteiger partial charge in [-0.15, -0.1) is 0 Å². The molecule has 1 heterocycles. The van der Waals surface area contributed by atoms with Gasteiger partial charge in [-0.1, -0.05) is 30.9 Å². The van der Waals surface area contributed by atoms with Crippen molar-refractivity contribution in [1.29, 1.82) is 0 Å². The molecule has 5 heteroatoms. The van der Waals surface area contributed by atoms with E-state index in [9.17, 15) is 0 Å². The highest BCUT2D eigenvalue weighted by molar-refractivity contribution is 5.33. The smallest absolute Gasteiger partial charge is 0.137 e. The Hall–Kier alpha value is -2.14. The van der Waals surface area contributed by atoms with E-state index in [1.807, 2.05) is 18.2 Å². The van der Waals surface area contributed by atoms with Crippen molar-refractivity contribution in [3.63, 3.8) is 0 Å². The monoisotopic (exact) mass is 272 g/mol. The van der Waals surface area contributed by atoms with Gasteiger partial charge in [0.15, 0.2) is 0 Å². The highest BCUT2D eigenvalue weighted by atomic mass is 16.5. The fourth-order valence-corrected chi connectivity index (χ4v) is 1.89. The van der Waals surface area contributed by atoms with Crippen molar-refractivity contribution < 1.29 is 4.74 Å². The molecule has 0 spiro atoms. The first-order chi connectivity index (χ1) is 9.90. The first-order valence-electron chi connectivity index (χ1n) is 6.76. The van der Waals surface area contributed by atoms with Gasteiger partial charge in [-0.25, -0.2) is 4.98 Å². The van der Waals surface area contributed by atoms with Crippen molar-refractivity contribution in [2.24, 2.45) is 0 Å². The van der Waals surface area contributed by atoms with E-state index < -0.39 is 0 Å². The molecule has 0 amide bonds. The Morgan fingerprint density at radius 3 is 3.05 bits per heavy atom. The first-order valence-corrected chi connectivity index (χ1v) is 6.76. The Bertz CT molecular complexity index is 510. The fraction of sp³-hybridized carbons (Fsp3) is 0.333. The average Bonchev–Trinajstić information content (AvgIpc) is 2.99. The van der Waals surface area contributed by atoms with Crippen molar-refractivity contribution in [3.05, 3.63) is 54.6 Å². The van der Waals surface area contributed by atoms with Gasteiger partial charge in [-0.2, -0.15) is 5.10 Å². The molecule has 1 aromatic heterocycles. The zero-order valence-corrected chi connectivity index (χ0v) is 11.5. The second kappa shape index (κ2) is 8.12. The summed E-state index contributed by atoms with van der Waals surface area (Å²) < 4.78 is 5.62. The molecule has 0 atom stereocenters. The Kier molecular flexibility index (Phi) is 5.79. The highest BCUT2D eigenvalue weighted by Gasteiger charge is 2.02. The number of rotatable bonds is 9. The third-order valence-electron chi connectivity index (χ3n) is 2.88. The Morgan fingerprint density at radius 1 is 1.35 bits per heavy atom. The van der Waals surface area contributed by atoms with Crippen LogP contribution < -0.4 is 10.1 Å². The Balaban J connectivity index is 1.71. The molecule has 0 radical (unpaired) electrons. The predicted octanol–water partition coefficient (Wildman–Crippen LogP) is 2.09. The van der Waals surface area contributed by atoms with Crippen LogP contribution in [-0.4, -0.2) is 28.3 Å². The molecule has 5 nitrogen and oxygen atoms in total. The van der Waals surface area contributed by atoms with E-state index in [1.165, 1.54) is 6.33 Å². The maximum atomic E-state index is 5.62. The summed E-state index contributed by atoms with van der Waals surface area (Å²) in [6, 6.07) is 8.05. The fourth-order valence-electron chi connectivity index (χ4n) is 1.89. The van der Waals surface area contributed by atoms with Crippen LogP contribution in [-0.2, 0) is 13.0 Å². The number of H-pyrrole nitrogens is 1. The minimum atomic E-state index is 0.530. The molecule has 0 unspecified atom stereocenters. The topological polar surface area (TPSA) is 62.8 Å². The number of para-hydroxylation sites is 1. The normalized spacial score (nSPS) is 10.4. The van der Waals surface area contributed by atoms with Crippen LogP contribution in [0, 0.1) is 0 Å². The molecule has 2 N–H and O–H groups in total. The van der Waals surface area contributed by atoms with Crippen LogP contribution >= 0.6 is 0 Å². The average molecular weight is 272 g/mol. The highest BCUT2D eigenvalue weighted by Crippen LogP contribution is 2.17. The molecule has 1 aromatic carbocycles. The van der Waals surface area contributed by atoms with Crippen molar-refractivity contribution >= 4 is 0 Å². The lowest BCUT2D eigenvalue weighted by Gasteiger charge is -2.10. The summed E-state index contributed by atoms with van der Waals surface area (Å²) in [5.74, 6) is 1.84. The number of ether oxygens (including phenoxy) is 1. The van der Waals surface area contributed by atoms with E-state index in [1.54, 1.807) is 6.08 Å². The number of aromatic nitrogens is 3. The SMILES string of the molecule is C=CCOc1ccccc1CNCCCc1ncn[nH]1. The maximum Gasteiger partial charge on any atom is 0.137 e. The number of hydrogen-bond acceptors (Lipinski definition) is 4. The molecule has 2 aromatic rings. The minimum Gasteiger partial charge on any atom is -0.489 e. The second-order valence-electron chi connectivity index (χ2n) is 4.42. The molecule has 0 aliphatic rings. The molecular weight excluding hydrogens is 252 g/mol. The largest absolute Gasteiger partial charge is 0.489 e. The van der Waals surface area contributed by atoms with Crippen molar-refractivity contribution in [2.75, 3.05) is 13.2 Å². The molecule has 0 bridgehead atoms. The van der Waals surface area contributed by atoms with Crippen molar-refractivity contribution in [3.8, 4) is 5.75 Å². The Labute approximate surface area is 119 Å². The molecule has 106 valence electrons. The summed E-state index contributed by atoms with van der Waals surface area (Å²) in [4.78, 5) is 4.10. The van der Waals surface area contributed by atoms with Crippen LogP contribution in [0.1, 0.15) is 17.8 Å². The van der Waals surface area contributed by atoms with Gasteiger partial charge in [0.25, 0.3) is 0 Å². The molecule has 0 aliphatic heterocycles. The van der Waals surface area contributed by atoms with E-state index in [0.717, 1.165) is 43.1 Å². The molecule has 0 fully saturated rings. The molecule has 0 saturated carbocycles. The van der Waals surface area contributed by atoms with Crippen LogP contribution in [0.2, 0.25) is 0 Å². The number of nitrogens with zero attached hydrogens (tertiary/aromatic N) is 2. The van der Waals surface area contributed by atoms with Crippen molar-refractivity contribution in [2.45, 2.75) is 19.4 Å². The number of aromatic amines is 1. The molecule has 0 aliphatic carbocycles. The summed E-state index contributed by atoms with van der Waals surface area (Å²) in [7, 11) is 0. The lowest BCUT2D eigenvalue weighted by molar-refractivity contribution is 0.358. The maximum absolute atomic E-state index is 5.62. The lowest BCUT2D eigenvalue weighted by atomic mass is 10.2. The van der Waals surface area contributed by atoms with Crippen LogP contribution in [0.25, 0.3) is 0 Å². The van der Waals surface area contributed by atoms with Gasteiger partial charge < -0.3 is 10.1 Å². The predicted molar refractivity (Wildman–Crippen MR) is 78.5 cm³/mol. The summed E-state index contributed by atoms with van der Waals surface area (Å²) in [6.45, 7) is 5.91. The minimum absolute atomic E-state index is 0.530. The molecule has 2 rings (SSSR count). The Morgan fingerprint density at radius 2 is 2.25 bits per heavy atom. The lowest BCUT2D eigenvalue weighted by Crippen LogP contribution is -2.16. The zero-order valence-electron chi connectivity index (χ0n) is 11.5. The molecule has 0 saturated heterocycles. The van der Waals surface area contributed by atoms with E-state index in [2.05, 4.69) is 33.1 Å². The van der Waals surface area contributed by atoms with E-state index >= 15 is 0 Å². The van der Waals surface area contributed by atoms with E-state index in [-0.39, 0.29) is 0 Å².